The average molecular weight is 409 g/mol. The molecule has 26 heavy (non-hydrogen) atoms. The van der Waals surface area contributed by atoms with Crippen LogP contribution in [-0.2, 0) is 0 Å². The van der Waals surface area contributed by atoms with Gasteiger partial charge in [0.2, 0.25) is 5.89 Å². The summed E-state index contributed by atoms with van der Waals surface area (Å²) in [4.78, 5) is 1.18. The molecule has 0 aliphatic heterocycles. The smallest absolute Gasteiger partial charge is 0.276 e. The van der Waals surface area contributed by atoms with Crippen molar-refractivity contribution in [1.82, 2.24) is 10.2 Å². The van der Waals surface area contributed by atoms with Gasteiger partial charge in [-0.3, -0.25) is 0 Å². The fourth-order valence-corrected chi connectivity index (χ4v) is 3.90. The molecule has 8 heteroatoms. The molecule has 0 aliphatic carbocycles. The van der Waals surface area contributed by atoms with Crippen LogP contribution < -0.4 is 9.47 Å². The monoisotopic (exact) mass is 408 g/mol. The summed E-state index contributed by atoms with van der Waals surface area (Å²) in [5.74, 6) is 3.57. The van der Waals surface area contributed by atoms with E-state index in [4.69, 9.17) is 25.5 Å². The van der Waals surface area contributed by atoms with Gasteiger partial charge in [-0.2, -0.15) is 0 Å². The standard InChI is InChI=1S/C18H17ClN2O3S2/c1-22-14-9-12(10-15(11-14)23-2)17-20-21-18(24-17)26-8-7-25-16-5-3-13(19)4-6-16/h3-6,9-11H,7-8H2,1-2H3. The molecule has 3 rings (SSSR count). The molecule has 2 aromatic carbocycles. The Morgan fingerprint density at radius 1 is 0.923 bits per heavy atom. The molecule has 0 saturated carbocycles. The summed E-state index contributed by atoms with van der Waals surface area (Å²) in [5.41, 5.74) is 0.760. The summed E-state index contributed by atoms with van der Waals surface area (Å²) in [7, 11) is 3.21. The van der Waals surface area contributed by atoms with Crippen molar-refractivity contribution in [2.45, 2.75) is 10.1 Å². The SMILES string of the molecule is COc1cc(OC)cc(-c2nnc(SCCSc3ccc(Cl)cc3)o2)c1. The Labute approximate surface area is 165 Å². The van der Waals surface area contributed by atoms with Crippen LogP contribution in [0.15, 0.2) is 57.0 Å². The summed E-state index contributed by atoms with van der Waals surface area (Å²) in [5, 5.41) is 9.50. The van der Waals surface area contributed by atoms with Gasteiger partial charge in [-0.05, 0) is 36.4 Å². The molecule has 0 spiro atoms. The van der Waals surface area contributed by atoms with Gasteiger partial charge in [0.1, 0.15) is 11.5 Å². The number of nitrogens with zero attached hydrogens (tertiary/aromatic N) is 2. The van der Waals surface area contributed by atoms with Gasteiger partial charge in [0, 0.05) is 33.1 Å². The molecule has 0 amide bonds. The van der Waals surface area contributed by atoms with Gasteiger partial charge < -0.3 is 13.9 Å². The first kappa shape index (κ1) is 18.9. The van der Waals surface area contributed by atoms with Crippen LogP contribution in [0.5, 0.6) is 11.5 Å². The fourth-order valence-electron chi connectivity index (χ4n) is 2.13. The van der Waals surface area contributed by atoms with Crippen molar-refractivity contribution in [3.05, 3.63) is 47.5 Å². The number of methoxy groups -OCH3 is 2. The Balaban J connectivity index is 1.57. The van der Waals surface area contributed by atoms with E-state index in [2.05, 4.69) is 10.2 Å². The average Bonchev–Trinajstić information content (AvgIpc) is 3.15. The summed E-state index contributed by atoms with van der Waals surface area (Å²) in [6, 6.07) is 13.3. The third-order valence-electron chi connectivity index (χ3n) is 3.40. The molecule has 0 fully saturated rings. The molecule has 0 unspecified atom stereocenters. The molecular weight excluding hydrogens is 392 g/mol. The second-order valence-corrected chi connectivity index (χ2v) is 7.78. The van der Waals surface area contributed by atoms with E-state index in [1.807, 2.05) is 36.4 Å². The molecular formula is C18H17ClN2O3S2. The zero-order valence-corrected chi connectivity index (χ0v) is 16.7. The van der Waals surface area contributed by atoms with Crippen molar-refractivity contribution in [3.8, 4) is 23.0 Å². The van der Waals surface area contributed by atoms with Crippen LogP contribution >= 0.6 is 35.1 Å². The molecule has 0 atom stereocenters. The van der Waals surface area contributed by atoms with Crippen molar-refractivity contribution < 1.29 is 13.9 Å². The van der Waals surface area contributed by atoms with Crippen LogP contribution in [0.25, 0.3) is 11.5 Å². The summed E-state index contributed by atoms with van der Waals surface area (Å²) < 4.78 is 16.3. The molecule has 0 N–H and O–H groups in total. The highest BCUT2D eigenvalue weighted by Gasteiger charge is 2.12. The number of rotatable bonds is 8. The first-order valence-electron chi connectivity index (χ1n) is 7.76. The van der Waals surface area contributed by atoms with E-state index >= 15 is 0 Å². The van der Waals surface area contributed by atoms with Crippen molar-refractivity contribution in [1.29, 1.82) is 0 Å². The normalized spacial score (nSPS) is 10.7. The Morgan fingerprint density at radius 3 is 2.23 bits per heavy atom. The lowest BCUT2D eigenvalue weighted by atomic mass is 10.2. The van der Waals surface area contributed by atoms with Gasteiger partial charge in [-0.15, -0.1) is 22.0 Å². The van der Waals surface area contributed by atoms with Gasteiger partial charge in [0.05, 0.1) is 14.2 Å². The second kappa shape index (κ2) is 9.21. The third kappa shape index (κ3) is 5.09. The lowest BCUT2D eigenvalue weighted by Gasteiger charge is -2.05. The molecule has 5 nitrogen and oxygen atoms in total. The number of halogens is 1. The summed E-state index contributed by atoms with van der Waals surface area (Å²) in [6.07, 6.45) is 0. The highest BCUT2D eigenvalue weighted by Crippen LogP contribution is 2.31. The predicted molar refractivity (Wildman–Crippen MR) is 106 cm³/mol. The maximum atomic E-state index is 5.89. The molecule has 1 heterocycles. The van der Waals surface area contributed by atoms with Gasteiger partial charge in [0.15, 0.2) is 0 Å². The predicted octanol–water partition coefficient (Wildman–Crippen LogP) is 5.29. The summed E-state index contributed by atoms with van der Waals surface area (Å²) >= 11 is 9.17. The van der Waals surface area contributed by atoms with E-state index in [0.29, 0.717) is 22.6 Å². The first-order valence-corrected chi connectivity index (χ1v) is 10.1. The number of ether oxygens (including phenoxy) is 2. The Morgan fingerprint density at radius 2 is 1.58 bits per heavy atom. The minimum atomic E-state index is 0.440. The van der Waals surface area contributed by atoms with Crippen LogP contribution in [0, 0.1) is 0 Å². The molecule has 0 radical (unpaired) electrons. The minimum absolute atomic E-state index is 0.440. The first-order chi connectivity index (χ1) is 12.7. The summed E-state index contributed by atoms with van der Waals surface area (Å²) in [6.45, 7) is 0. The highest BCUT2D eigenvalue weighted by atomic mass is 35.5. The zero-order chi connectivity index (χ0) is 18.4. The van der Waals surface area contributed by atoms with Gasteiger partial charge >= 0.3 is 0 Å². The molecule has 0 aliphatic rings. The van der Waals surface area contributed by atoms with E-state index in [0.717, 1.165) is 22.1 Å². The van der Waals surface area contributed by atoms with E-state index in [1.54, 1.807) is 32.0 Å². The van der Waals surface area contributed by atoms with E-state index < -0.39 is 0 Å². The van der Waals surface area contributed by atoms with Crippen molar-refractivity contribution in [2.24, 2.45) is 0 Å². The van der Waals surface area contributed by atoms with Crippen molar-refractivity contribution in [2.75, 3.05) is 25.7 Å². The molecule has 136 valence electrons. The topological polar surface area (TPSA) is 57.4 Å². The lowest BCUT2D eigenvalue weighted by molar-refractivity contribution is 0.394. The van der Waals surface area contributed by atoms with Gasteiger partial charge in [0.25, 0.3) is 5.22 Å². The number of thioether (sulfide) groups is 2. The quantitative estimate of drug-likeness (QED) is 0.370. The zero-order valence-electron chi connectivity index (χ0n) is 14.3. The highest BCUT2D eigenvalue weighted by molar-refractivity contribution is 8.02. The molecule has 1 aromatic heterocycles. The lowest BCUT2D eigenvalue weighted by Crippen LogP contribution is -1.88. The van der Waals surface area contributed by atoms with Gasteiger partial charge in [-0.25, -0.2) is 0 Å². The van der Waals surface area contributed by atoms with E-state index in [1.165, 1.54) is 16.7 Å². The third-order valence-corrected chi connectivity index (χ3v) is 5.74. The molecule has 3 aromatic rings. The van der Waals surface area contributed by atoms with Crippen LogP contribution in [0.3, 0.4) is 0 Å². The van der Waals surface area contributed by atoms with Crippen LogP contribution in [-0.4, -0.2) is 35.9 Å². The maximum Gasteiger partial charge on any atom is 0.276 e. The van der Waals surface area contributed by atoms with Crippen molar-refractivity contribution >= 4 is 35.1 Å². The van der Waals surface area contributed by atoms with Crippen LogP contribution in [0.2, 0.25) is 5.02 Å². The van der Waals surface area contributed by atoms with E-state index in [-0.39, 0.29) is 0 Å². The Kier molecular flexibility index (Phi) is 6.71. The Hall–Kier alpha value is -1.83. The van der Waals surface area contributed by atoms with E-state index in [9.17, 15) is 0 Å². The molecule has 0 bridgehead atoms. The number of benzene rings is 2. The number of hydrogen-bond donors (Lipinski definition) is 0. The minimum Gasteiger partial charge on any atom is -0.497 e. The fraction of sp³-hybridized carbons (Fsp3) is 0.222. The van der Waals surface area contributed by atoms with Crippen LogP contribution in [0.4, 0.5) is 0 Å². The van der Waals surface area contributed by atoms with Crippen LogP contribution in [0.1, 0.15) is 0 Å². The largest absolute Gasteiger partial charge is 0.497 e. The Bertz CT molecular complexity index is 834. The van der Waals surface area contributed by atoms with Crippen molar-refractivity contribution in [3.63, 3.8) is 0 Å². The van der Waals surface area contributed by atoms with Gasteiger partial charge in [-0.1, -0.05) is 23.4 Å². The number of hydrogen-bond acceptors (Lipinski definition) is 7. The maximum absolute atomic E-state index is 5.89. The number of aromatic nitrogens is 2. The second-order valence-electron chi connectivity index (χ2n) is 5.13. The molecule has 0 saturated heterocycles.